The molecule has 31 heavy (non-hydrogen) atoms. The first kappa shape index (κ1) is 20.8. The molecule has 158 valence electrons. The van der Waals surface area contributed by atoms with E-state index < -0.39 is 0 Å². The van der Waals surface area contributed by atoms with Crippen LogP contribution in [0.1, 0.15) is 27.0 Å². The molecule has 0 aliphatic carbocycles. The van der Waals surface area contributed by atoms with E-state index in [2.05, 4.69) is 31.0 Å². The number of benzene rings is 2. The molecule has 0 aliphatic heterocycles. The SMILES string of the molecule is COc1cccc(C(=O)N(Cc2ccncc2)c2nc3c(C)c(C)ccc3s2)c1OC. The van der Waals surface area contributed by atoms with Crippen molar-refractivity contribution < 1.29 is 14.3 Å². The highest BCUT2D eigenvalue weighted by Gasteiger charge is 2.26. The number of hydrogen-bond donors (Lipinski definition) is 0. The molecule has 0 saturated heterocycles. The second-order valence-electron chi connectivity index (χ2n) is 7.14. The summed E-state index contributed by atoms with van der Waals surface area (Å²) in [4.78, 5) is 24.4. The molecule has 4 aromatic rings. The molecule has 0 spiro atoms. The Balaban J connectivity index is 1.84. The number of aryl methyl sites for hydroxylation is 2. The van der Waals surface area contributed by atoms with Gasteiger partial charge in [0.2, 0.25) is 0 Å². The fraction of sp³-hybridized carbons (Fsp3) is 0.208. The van der Waals surface area contributed by atoms with Crippen LogP contribution in [0.25, 0.3) is 10.2 Å². The number of methoxy groups -OCH3 is 2. The van der Waals surface area contributed by atoms with Crippen LogP contribution < -0.4 is 14.4 Å². The Hall–Kier alpha value is -3.45. The molecule has 0 radical (unpaired) electrons. The molecule has 6 nitrogen and oxygen atoms in total. The molecule has 0 atom stereocenters. The average molecular weight is 434 g/mol. The number of thiazole rings is 1. The van der Waals surface area contributed by atoms with Gasteiger partial charge in [-0.25, -0.2) is 4.98 Å². The highest BCUT2D eigenvalue weighted by molar-refractivity contribution is 7.22. The van der Waals surface area contributed by atoms with E-state index >= 15 is 0 Å². The predicted octanol–water partition coefficient (Wildman–Crippen LogP) is 5.17. The number of fused-ring (bicyclic) bond motifs is 1. The Morgan fingerprint density at radius 2 is 1.81 bits per heavy atom. The van der Waals surface area contributed by atoms with Gasteiger partial charge in [-0.2, -0.15) is 0 Å². The van der Waals surface area contributed by atoms with E-state index in [1.807, 2.05) is 12.1 Å². The summed E-state index contributed by atoms with van der Waals surface area (Å²) in [6.07, 6.45) is 3.44. The number of carbonyl (C=O) groups is 1. The molecular formula is C24H23N3O3S. The molecule has 0 fully saturated rings. The zero-order valence-electron chi connectivity index (χ0n) is 17.9. The lowest BCUT2D eigenvalue weighted by Crippen LogP contribution is -2.30. The number of hydrogen-bond acceptors (Lipinski definition) is 6. The van der Waals surface area contributed by atoms with Gasteiger partial charge in [0.1, 0.15) is 0 Å². The molecule has 0 aliphatic rings. The van der Waals surface area contributed by atoms with E-state index in [-0.39, 0.29) is 5.91 Å². The summed E-state index contributed by atoms with van der Waals surface area (Å²) in [5.41, 5.74) is 4.59. The maximum atomic E-state index is 13.8. The molecule has 1 amide bonds. The fourth-order valence-corrected chi connectivity index (χ4v) is 4.45. The number of nitrogens with zero attached hydrogens (tertiary/aromatic N) is 3. The minimum absolute atomic E-state index is 0.207. The Morgan fingerprint density at radius 3 is 2.52 bits per heavy atom. The van der Waals surface area contributed by atoms with Crippen LogP contribution in [0.15, 0.2) is 54.9 Å². The number of amides is 1. The van der Waals surface area contributed by atoms with Crippen LogP contribution in [0.5, 0.6) is 11.5 Å². The van der Waals surface area contributed by atoms with Crippen molar-refractivity contribution in [2.75, 3.05) is 19.1 Å². The number of ether oxygens (including phenoxy) is 2. The predicted molar refractivity (Wildman–Crippen MR) is 123 cm³/mol. The van der Waals surface area contributed by atoms with Crippen molar-refractivity contribution in [1.29, 1.82) is 0 Å². The summed E-state index contributed by atoms with van der Waals surface area (Å²) in [5, 5.41) is 0.635. The van der Waals surface area contributed by atoms with Gasteiger partial charge in [-0.1, -0.05) is 23.5 Å². The van der Waals surface area contributed by atoms with Gasteiger partial charge < -0.3 is 9.47 Å². The van der Waals surface area contributed by atoms with Crippen molar-refractivity contribution in [3.63, 3.8) is 0 Å². The van der Waals surface area contributed by atoms with Crippen molar-refractivity contribution in [2.45, 2.75) is 20.4 Å². The van der Waals surface area contributed by atoms with E-state index in [1.165, 1.54) is 24.0 Å². The van der Waals surface area contributed by atoms with Gasteiger partial charge in [-0.3, -0.25) is 14.7 Å². The number of pyridine rings is 1. The summed E-state index contributed by atoms with van der Waals surface area (Å²) in [6.45, 7) is 4.48. The van der Waals surface area contributed by atoms with Gasteiger partial charge in [0, 0.05) is 12.4 Å². The maximum absolute atomic E-state index is 13.8. The number of rotatable bonds is 6. The Bertz CT molecular complexity index is 1240. The fourth-order valence-electron chi connectivity index (χ4n) is 3.43. The van der Waals surface area contributed by atoms with Crippen molar-refractivity contribution in [3.8, 4) is 11.5 Å². The highest BCUT2D eigenvalue weighted by Crippen LogP contribution is 2.36. The van der Waals surface area contributed by atoms with Gasteiger partial charge >= 0.3 is 0 Å². The van der Waals surface area contributed by atoms with Crippen molar-refractivity contribution in [3.05, 3.63) is 77.1 Å². The summed E-state index contributed by atoms with van der Waals surface area (Å²) >= 11 is 1.50. The number of aromatic nitrogens is 2. The molecule has 2 aromatic carbocycles. The third-order valence-electron chi connectivity index (χ3n) is 5.27. The topological polar surface area (TPSA) is 64.5 Å². The van der Waals surface area contributed by atoms with Crippen LogP contribution in [0.3, 0.4) is 0 Å². The van der Waals surface area contributed by atoms with Crippen LogP contribution in [0.2, 0.25) is 0 Å². The van der Waals surface area contributed by atoms with Crippen LogP contribution >= 0.6 is 11.3 Å². The molecule has 0 N–H and O–H groups in total. The monoisotopic (exact) mass is 433 g/mol. The lowest BCUT2D eigenvalue weighted by atomic mass is 10.1. The van der Waals surface area contributed by atoms with Crippen LogP contribution in [-0.4, -0.2) is 30.1 Å². The van der Waals surface area contributed by atoms with E-state index in [1.54, 1.807) is 42.6 Å². The minimum atomic E-state index is -0.207. The van der Waals surface area contributed by atoms with Gasteiger partial charge in [-0.05, 0) is 60.9 Å². The normalized spacial score (nSPS) is 10.8. The number of carbonyl (C=O) groups excluding carboxylic acids is 1. The van der Waals surface area contributed by atoms with Crippen molar-refractivity contribution in [1.82, 2.24) is 9.97 Å². The highest BCUT2D eigenvalue weighted by atomic mass is 32.1. The molecular weight excluding hydrogens is 410 g/mol. The van der Waals surface area contributed by atoms with Gasteiger partial charge in [0.15, 0.2) is 16.6 Å². The van der Waals surface area contributed by atoms with Crippen molar-refractivity contribution >= 4 is 32.6 Å². The van der Waals surface area contributed by atoms with E-state index in [0.717, 1.165) is 21.3 Å². The summed E-state index contributed by atoms with van der Waals surface area (Å²) in [6, 6.07) is 13.2. The van der Waals surface area contributed by atoms with E-state index in [4.69, 9.17) is 14.5 Å². The minimum Gasteiger partial charge on any atom is -0.493 e. The quantitative estimate of drug-likeness (QED) is 0.420. The smallest absolute Gasteiger partial charge is 0.264 e. The lowest BCUT2D eigenvalue weighted by molar-refractivity contribution is 0.0981. The average Bonchev–Trinajstić information content (AvgIpc) is 3.24. The third kappa shape index (κ3) is 3.96. The lowest BCUT2D eigenvalue weighted by Gasteiger charge is -2.22. The van der Waals surface area contributed by atoms with Crippen LogP contribution in [0.4, 0.5) is 5.13 Å². The number of para-hydroxylation sites is 1. The zero-order valence-corrected chi connectivity index (χ0v) is 18.7. The molecule has 0 unspecified atom stereocenters. The molecule has 4 rings (SSSR count). The Morgan fingerprint density at radius 1 is 1.03 bits per heavy atom. The third-order valence-corrected chi connectivity index (χ3v) is 6.32. The Labute approximate surface area is 185 Å². The standard InChI is InChI=1S/C24H23N3O3S/c1-15-8-9-20-21(16(15)2)26-24(31-20)27(14-17-10-12-25-13-11-17)23(28)18-6-5-7-19(29-3)22(18)30-4/h5-13H,14H2,1-4H3. The van der Waals surface area contributed by atoms with Crippen molar-refractivity contribution in [2.24, 2.45) is 0 Å². The zero-order chi connectivity index (χ0) is 22.0. The van der Waals surface area contributed by atoms with E-state index in [9.17, 15) is 4.79 Å². The molecule has 2 aromatic heterocycles. The van der Waals surface area contributed by atoms with Gasteiger partial charge in [0.25, 0.3) is 5.91 Å². The van der Waals surface area contributed by atoms with Gasteiger partial charge in [-0.15, -0.1) is 0 Å². The summed E-state index contributed by atoms with van der Waals surface area (Å²) in [7, 11) is 3.09. The number of anilines is 1. The maximum Gasteiger partial charge on any atom is 0.264 e. The first-order chi connectivity index (χ1) is 15.0. The largest absolute Gasteiger partial charge is 0.493 e. The van der Waals surface area contributed by atoms with Crippen LogP contribution in [0, 0.1) is 13.8 Å². The molecule has 0 saturated carbocycles. The molecule has 0 bridgehead atoms. The summed E-state index contributed by atoms with van der Waals surface area (Å²) < 4.78 is 12.0. The summed E-state index contributed by atoms with van der Waals surface area (Å²) in [5.74, 6) is 0.705. The molecule has 7 heteroatoms. The van der Waals surface area contributed by atoms with Crippen LogP contribution in [-0.2, 0) is 6.54 Å². The first-order valence-electron chi connectivity index (χ1n) is 9.82. The first-order valence-corrected chi connectivity index (χ1v) is 10.6. The second-order valence-corrected chi connectivity index (χ2v) is 8.15. The second kappa shape index (κ2) is 8.73. The van der Waals surface area contributed by atoms with Gasteiger partial charge in [0.05, 0.1) is 36.5 Å². The molecule has 2 heterocycles. The van der Waals surface area contributed by atoms with E-state index in [0.29, 0.717) is 28.7 Å². The Kier molecular flexibility index (Phi) is 5.86.